The van der Waals surface area contributed by atoms with Crippen LogP contribution in [0.1, 0.15) is 11.1 Å². The van der Waals surface area contributed by atoms with Crippen LogP contribution in [0.2, 0.25) is 0 Å². The van der Waals surface area contributed by atoms with Gasteiger partial charge in [0.05, 0.1) is 0 Å². The van der Waals surface area contributed by atoms with Crippen molar-refractivity contribution in [2.75, 3.05) is 0 Å². The summed E-state index contributed by atoms with van der Waals surface area (Å²) in [5.74, 6) is -0.512. The second-order valence-electron chi connectivity index (χ2n) is 4.60. The zero-order valence-corrected chi connectivity index (χ0v) is 11.9. The zero-order chi connectivity index (χ0) is 14.8. The Balaban J connectivity index is 1.80. The molecule has 0 unspecified atom stereocenters. The van der Waals surface area contributed by atoms with Gasteiger partial charge in [0.1, 0.15) is 12.4 Å². The molecule has 2 aromatic carbocycles. The molecule has 0 fully saturated rings. The Bertz CT molecular complexity index is 813. The first-order chi connectivity index (χ1) is 10.1. The van der Waals surface area contributed by atoms with Gasteiger partial charge in [0.25, 0.3) is 0 Å². The number of nitrogens with two attached hydrogens (primary N) is 1. The van der Waals surface area contributed by atoms with Gasteiger partial charge in [0.2, 0.25) is 0 Å². The predicted octanol–water partition coefficient (Wildman–Crippen LogP) is 3.90. The van der Waals surface area contributed by atoms with Crippen molar-refractivity contribution in [3.8, 4) is 5.75 Å². The minimum Gasteiger partial charge on any atom is -0.486 e. The van der Waals surface area contributed by atoms with E-state index in [1.165, 1.54) is 16.8 Å². The van der Waals surface area contributed by atoms with Gasteiger partial charge in [-0.1, -0.05) is 18.2 Å². The molecule has 0 aliphatic carbocycles. The van der Waals surface area contributed by atoms with Crippen LogP contribution in [-0.2, 0) is 6.61 Å². The molecule has 0 aliphatic rings. The molecule has 0 aliphatic heterocycles. The summed E-state index contributed by atoms with van der Waals surface area (Å²) in [6.07, 6.45) is 0. The van der Waals surface area contributed by atoms with Gasteiger partial charge >= 0.3 is 0 Å². The van der Waals surface area contributed by atoms with Gasteiger partial charge in [-0.25, -0.2) is 4.39 Å². The van der Waals surface area contributed by atoms with Crippen molar-refractivity contribution in [3.63, 3.8) is 0 Å². The van der Waals surface area contributed by atoms with Gasteiger partial charge in [0.15, 0.2) is 11.6 Å². The number of rotatable bonds is 4. The first-order valence-corrected chi connectivity index (χ1v) is 7.25. The van der Waals surface area contributed by atoms with Gasteiger partial charge in [-0.05, 0) is 35.0 Å². The van der Waals surface area contributed by atoms with Crippen molar-refractivity contribution in [3.05, 3.63) is 64.8 Å². The summed E-state index contributed by atoms with van der Waals surface area (Å²) in [6.45, 7) is 0.306. The number of fused-ring (bicyclic) bond motifs is 1. The minimum atomic E-state index is -0.512. The molecule has 0 atom stereocenters. The summed E-state index contributed by atoms with van der Waals surface area (Å²) >= 11 is 1.64. The number of hydrogen-bond donors (Lipinski definition) is 2. The van der Waals surface area contributed by atoms with Crippen LogP contribution >= 0.6 is 11.3 Å². The average molecular weight is 300 g/mol. The van der Waals surface area contributed by atoms with Crippen LogP contribution < -0.4 is 10.5 Å². The number of halogens is 1. The molecule has 1 heterocycles. The highest BCUT2D eigenvalue weighted by molar-refractivity contribution is 7.17. The van der Waals surface area contributed by atoms with Gasteiger partial charge in [0, 0.05) is 15.8 Å². The number of amidine groups is 1. The second-order valence-corrected chi connectivity index (χ2v) is 5.52. The van der Waals surface area contributed by atoms with Gasteiger partial charge in [-0.2, -0.15) is 0 Å². The third kappa shape index (κ3) is 2.73. The summed E-state index contributed by atoms with van der Waals surface area (Å²) in [6, 6.07) is 12.3. The van der Waals surface area contributed by atoms with E-state index in [-0.39, 0.29) is 11.6 Å². The van der Waals surface area contributed by atoms with Crippen molar-refractivity contribution in [2.24, 2.45) is 5.73 Å². The first-order valence-electron chi connectivity index (χ1n) is 6.37. The Morgan fingerprint density at radius 3 is 2.81 bits per heavy atom. The molecule has 3 rings (SSSR count). The highest BCUT2D eigenvalue weighted by Gasteiger charge is 2.08. The fourth-order valence-corrected chi connectivity index (χ4v) is 3.03. The summed E-state index contributed by atoms with van der Waals surface area (Å²) in [7, 11) is 0. The SMILES string of the molecule is N=C(N)c1ccc(OCc2csc3ccccc23)c(F)c1. The van der Waals surface area contributed by atoms with Crippen LogP contribution in [0, 0.1) is 11.2 Å². The Morgan fingerprint density at radius 1 is 1.24 bits per heavy atom. The molecule has 21 heavy (non-hydrogen) atoms. The minimum absolute atomic E-state index is 0.162. The standard InChI is InChI=1S/C16H13FN2OS/c17-13-7-10(16(18)19)5-6-14(13)20-8-11-9-21-15-4-2-1-3-12(11)15/h1-7,9H,8H2,(H3,18,19). The molecule has 3 aromatic rings. The van der Waals surface area contributed by atoms with E-state index in [2.05, 4.69) is 0 Å². The number of benzene rings is 2. The second kappa shape index (κ2) is 5.54. The third-order valence-corrected chi connectivity index (χ3v) is 4.20. The lowest BCUT2D eigenvalue weighted by Crippen LogP contribution is -2.11. The van der Waals surface area contributed by atoms with E-state index >= 15 is 0 Å². The number of nitrogens with one attached hydrogen (secondary N) is 1. The van der Waals surface area contributed by atoms with Crippen LogP contribution in [0.25, 0.3) is 10.1 Å². The maximum Gasteiger partial charge on any atom is 0.165 e. The van der Waals surface area contributed by atoms with Crippen LogP contribution in [0.5, 0.6) is 5.75 Å². The molecular weight excluding hydrogens is 287 g/mol. The molecule has 0 radical (unpaired) electrons. The van der Waals surface area contributed by atoms with E-state index in [1.807, 2.05) is 29.6 Å². The Morgan fingerprint density at radius 2 is 2.05 bits per heavy atom. The maximum atomic E-state index is 13.9. The van der Waals surface area contributed by atoms with Crippen molar-refractivity contribution in [2.45, 2.75) is 6.61 Å². The maximum absolute atomic E-state index is 13.9. The molecular formula is C16H13FN2OS. The van der Waals surface area contributed by atoms with Crippen LogP contribution in [-0.4, -0.2) is 5.84 Å². The number of nitrogen functional groups attached to an aromatic ring is 1. The first kappa shape index (κ1) is 13.6. The highest BCUT2D eigenvalue weighted by Crippen LogP contribution is 2.27. The molecule has 0 amide bonds. The zero-order valence-electron chi connectivity index (χ0n) is 11.1. The van der Waals surface area contributed by atoms with Crippen molar-refractivity contribution < 1.29 is 9.13 Å². The molecule has 0 spiro atoms. The fraction of sp³-hybridized carbons (Fsp3) is 0.0625. The molecule has 0 saturated carbocycles. The van der Waals surface area contributed by atoms with Gasteiger partial charge in [-0.3, -0.25) is 5.41 Å². The Labute approximate surface area is 125 Å². The number of ether oxygens (including phenoxy) is 1. The molecule has 0 bridgehead atoms. The molecule has 1 aromatic heterocycles. The summed E-state index contributed by atoms with van der Waals surface area (Å²) < 4.78 is 20.6. The van der Waals surface area contributed by atoms with Gasteiger partial charge in [-0.15, -0.1) is 11.3 Å². The van der Waals surface area contributed by atoms with Crippen molar-refractivity contribution in [1.82, 2.24) is 0 Å². The highest BCUT2D eigenvalue weighted by atomic mass is 32.1. The Hall–Kier alpha value is -2.40. The van der Waals surface area contributed by atoms with Crippen LogP contribution in [0.3, 0.4) is 0 Å². The molecule has 5 heteroatoms. The topological polar surface area (TPSA) is 59.1 Å². The van der Waals surface area contributed by atoms with E-state index in [9.17, 15) is 4.39 Å². The quantitative estimate of drug-likeness (QED) is 0.567. The van der Waals surface area contributed by atoms with E-state index in [4.69, 9.17) is 15.9 Å². The monoisotopic (exact) mass is 300 g/mol. The van der Waals surface area contributed by atoms with E-state index in [0.717, 1.165) is 10.9 Å². The van der Waals surface area contributed by atoms with Crippen LogP contribution in [0.4, 0.5) is 4.39 Å². The average Bonchev–Trinajstić information content (AvgIpc) is 2.89. The van der Waals surface area contributed by atoms with Crippen molar-refractivity contribution >= 4 is 27.3 Å². The number of thiophene rings is 1. The summed E-state index contributed by atoms with van der Waals surface area (Å²) in [5, 5.41) is 10.4. The summed E-state index contributed by atoms with van der Waals surface area (Å²) in [4.78, 5) is 0. The molecule has 3 nitrogen and oxygen atoms in total. The van der Waals surface area contributed by atoms with Crippen LogP contribution in [0.15, 0.2) is 47.8 Å². The normalized spacial score (nSPS) is 10.7. The number of hydrogen-bond acceptors (Lipinski definition) is 3. The lowest BCUT2D eigenvalue weighted by molar-refractivity contribution is 0.292. The lowest BCUT2D eigenvalue weighted by Gasteiger charge is -2.08. The lowest BCUT2D eigenvalue weighted by atomic mass is 10.2. The Kier molecular flexibility index (Phi) is 3.58. The fourth-order valence-electron chi connectivity index (χ4n) is 2.09. The van der Waals surface area contributed by atoms with E-state index in [1.54, 1.807) is 17.4 Å². The van der Waals surface area contributed by atoms with E-state index in [0.29, 0.717) is 12.2 Å². The molecule has 0 saturated heterocycles. The predicted molar refractivity (Wildman–Crippen MR) is 83.6 cm³/mol. The smallest absolute Gasteiger partial charge is 0.165 e. The molecule has 3 N–H and O–H groups in total. The van der Waals surface area contributed by atoms with Crippen molar-refractivity contribution in [1.29, 1.82) is 5.41 Å². The largest absolute Gasteiger partial charge is 0.486 e. The van der Waals surface area contributed by atoms with Gasteiger partial charge < -0.3 is 10.5 Å². The van der Waals surface area contributed by atoms with E-state index < -0.39 is 5.82 Å². The molecule has 106 valence electrons. The third-order valence-electron chi connectivity index (χ3n) is 3.19. The summed E-state index contributed by atoms with van der Waals surface area (Å²) in [5.41, 5.74) is 6.70.